The van der Waals surface area contributed by atoms with Crippen molar-refractivity contribution in [3.8, 4) is 22.6 Å². The van der Waals surface area contributed by atoms with E-state index < -0.39 is 17.8 Å². The molecule has 1 unspecified atom stereocenters. The molecule has 1 fully saturated rings. The maximum Gasteiger partial charge on any atom is 0.255 e. The molecule has 2 aromatic carbocycles. The van der Waals surface area contributed by atoms with Crippen LogP contribution in [0.5, 0.6) is 0 Å². The summed E-state index contributed by atoms with van der Waals surface area (Å²) in [5.74, 6) is -0.870. The maximum atomic E-state index is 13.7. The molecule has 3 heterocycles. The Labute approximate surface area is 187 Å². The Morgan fingerprint density at radius 2 is 1.94 bits per heavy atom. The van der Waals surface area contributed by atoms with Gasteiger partial charge >= 0.3 is 0 Å². The van der Waals surface area contributed by atoms with Crippen molar-refractivity contribution in [2.75, 3.05) is 0 Å². The number of aromatic nitrogens is 2. The lowest BCUT2D eigenvalue weighted by Crippen LogP contribution is -2.52. The van der Waals surface area contributed by atoms with Gasteiger partial charge in [0.2, 0.25) is 11.8 Å². The molecule has 3 amide bonds. The van der Waals surface area contributed by atoms with Crippen LogP contribution in [-0.2, 0) is 23.2 Å². The Kier molecular flexibility index (Phi) is 4.82. The maximum absolute atomic E-state index is 13.7. The molecule has 1 saturated heterocycles. The fourth-order valence-corrected chi connectivity index (χ4v) is 4.46. The number of amides is 3. The predicted molar refractivity (Wildman–Crippen MR) is 115 cm³/mol. The summed E-state index contributed by atoms with van der Waals surface area (Å²) in [6, 6.07) is 8.86. The topological polar surface area (TPSA) is 84.3 Å². The third-order valence-corrected chi connectivity index (χ3v) is 6.19. The zero-order chi connectivity index (χ0) is 22.6. The highest BCUT2D eigenvalue weighted by atomic mass is 35.5. The molecule has 0 radical (unpaired) electrons. The van der Waals surface area contributed by atoms with Crippen molar-refractivity contribution in [2.45, 2.75) is 25.4 Å². The van der Waals surface area contributed by atoms with E-state index in [1.807, 2.05) is 12.3 Å². The van der Waals surface area contributed by atoms with Gasteiger partial charge < -0.3 is 9.47 Å². The number of aryl methyl sites for hydroxylation is 1. The van der Waals surface area contributed by atoms with Crippen molar-refractivity contribution < 1.29 is 18.8 Å². The van der Waals surface area contributed by atoms with Crippen LogP contribution in [-0.4, -0.2) is 38.2 Å². The number of piperidine rings is 1. The summed E-state index contributed by atoms with van der Waals surface area (Å²) in [7, 11) is 1.80. The van der Waals surface area contributed by atoms with Crippen LogP contribution in [0.4, 0.5) is 4.39 Å². The zero-order valence-corrected chi connectivity index (χ0v) is 17.8. The monoisotopic (exact) mass is 452 g/mol. The molecule has 5 rings (SSSR count). The molecule has 1 atom stereocenters. The molecular formula is C23H18ClFN4O3. The molecular weight excluding hydrogens is 435 g/mol. The van der Waals surface area contributed by atoms with Gasteiger partial charge in [-0.1, -0.05) is 17.7 Å². The van der Waals surface area contributed by atoms with Gasteiger partial charge in [-0.2, -0.15) is 0 Å². The van der Waals surface area contributed by atoms with Crippen LogP contribution >= 0.6 is 11.6 Å². The van der Waals surface area contributed by atoms with Gasteiger partial charge in [-0.15, -0.1) is 0 Å². The van der Waals surface area contributed by atoms with E-state index in [1.54, 1.807) is 23.7 Å². The van der Waals surface area contributed by atoms with Crippen molar-refractivity contribution in [1.29, 1.82) is 0 Å². The highest BCUT2D eigenvalue weighted by molar-refractivity contribution is 6.33. The van der Waals surface area contributed by atoms with Gasteiger partial charge in [-0.3, -0.25) is 19.7 Å². The number of fused-ring (bicyclic) bond motifs is 1. The average molecular weight is 453 g/mol. The number of benzene rings is 2. The van der Waals surface area contributed by atoms with Crippen molar-refractivity contribution in [2.24, 2.45) is 7.05 Å². The Morgan fingerprint density at radius 3 is 2.72 bits per heavy atom. The molecule has 1 aromatic heterocycles. The van der Waals surface area contributed by atoms with Crippen molar-refractivity contribution in [1.82, 2.24) is 19.8 Å². The van der Waals surface area contributed by atoms with Gasteiger partial charge in [-0.25, -0.2) is 9.37 Å². The third kappa shape index (κ3) is 3.36. The molecule has 0 saturated carbocycles. The van der Waals surface area contributed by atoms with E-state index in [0.717, 1.165) is 11.1 Å². The second kappa shape index (κ2) is 7.56. The van der Waals surface area contributed by atoms with E-state index in [0.29, 0.717) is 34.1 Å². The second-order valence-corrected chi connectivity index (χ2v) is 8.36. The Bertz CT molecular complexity index is 1300. The third-order valence-electron chi connectivity index (χ3n) is 5.86. The molecule has 2 aliphatic rings. The van der Waals surface area contributed by atoms with E-state index in [1.165, 1.54) is 23.1 Å². The van der Waals surface area contributed by atoms with Crippen molar-refractivity contribution in [3.05, 3.63) is 64.6 Å². The number of hydrogen-bond acceptors (Lipinski definition) is 4. The van der Waals surface area contributed by atoms with Crippen molar-refractivity contribution in [3.63, 3.8) is 0 Å². The molecule has 2 aliphatic heterocycles. The smallest absolute Gasteiger partial charge is 0.255 e. The second-order valence-electron chi connectivity index (χ2n) is 7.96. The fourth-order valence-electron chi connectivity index (χ4n) is 4.26. The number of nitrogens with zero attached hydrogens (tertiary/aromatic N) is 3. The SMILES string of the molecule is Cn1cc(-c2ccc3c(c2)CN(C2CCC(=O)NC2=O)C3=O)nc1-c1cc(F)ccc1Cl. The van der Waals surface area contributed by atoms with E-state index in [4.69, 9.17) is 11.6 Å². The molecule has 3 aromatic rings. The number of carbonyl (C=O) groups is 3. The molecule has 162 valence electrons. The summed E-state index contributed by atoms with van der Waals surface area (Å²) >= 11 is 6.24. The largest absolute Gasteiger partial charge is 0.333 e. The Hall–Kier alpha value is -3.52. The summed E-state index contributed by atoms with van der Waals surface area (Å²) in [5, 5.41) is 2.70. The van der Waals surface area contributed by atoms with Crippen LogP contribution in [0, 0.1) is 5.82 Å². The molecule has 32 heavy (non-hydrogen) atoms. The van der Waals surface area contributed by atoms with Crippen LogP contribution in [0.3, 0.4) is 0 Å². The fraction of sp³-hybridized carbons (Fsp3) is 0.217. The number of rotatable bonds is 3. The first-order valence-corrected chi connectivity index (χ1v) is 10.5. The standard InChI is InChI=1S/C23H18ClFN4O3/c1-28-11-18(26-21(28)16-9-14(25)3-5-17(16)24)12-2-4-15-13(8-12)10-29(23(15)32)19-6-7-20(30)27-22(19)31/h2-5,8-9,11,19H,6-7,10H2,1H3,(H,27,30,31). The molecule has 0 spiro atoms. The summed E-state index contributed by atoms with van der Waals surface area (Å²) in [4.78, 5) is 42.7. The summed E-state index contributed by atoms with van der Waals surface area (Å²) < 4.78 is 15.5. The molecule has 9 heteroatoms. The number of halogens is 2. The Balaban J connectivity index is 1.46. The molecule has 7 nitrogen and oxygen atoms in total. The van der Waals surface area contributed by atoms with Gasteiger partial charge in [0.05, 0.1) is 10.7 Å². The van der Waals surface area contributed by atoms with Gasteiger partial charge in [0.15, 0.2) is 0 Å². The van der Waals surface area contributed by atoms with Crippen LogP contribution < -0.4 is 5.32 Å². The lowest BCUT2D eigenvalue weighted by Gasteiger charge is -2.29. The quantitative estimate of drug-likeness (QED) is 0.618. The van der Waals surface area contributed by atoms with Gasteiger partial charge in [0.25, 0.3) is 5.91 Å². The summed E-state index contributed by atoms with van der Waals surface area (Å²) in [6.07, 6.45) is 2.34. The first-order valence-electron chi connectivity index (χ1n) is 10.1. The van der Waals surface area contributed by atoms with Crippen LogP contribution in [0.15, 0.2) is 42.6 Å². The van der Waals surface area contributed by atoms with E-state index in [9.17, 15) is 18.8 Å². The number of carbonyl (C=O) groups excluding carboxylic acids is 3. The number of imidazole rings is 1. The van der Waals surface area contributed by atoms with Crippen molar-refractivity contribution >= 4 is 29.3 Å². The first kappa shape index (κ1) is 20.4. The van der Waals surface area contributed by atoms with Gasteiger partial charge in [0, 0.05) is 42.9 Å². The summed E-state index contributed by atoms with van der Waals surface area (Å²) in [6.45, 7) is 0.281. The van der Waals surface area contributed by atoms with Crippen LogP contribution in [0.1, 0.15) is 28.8 Å². The highest BCUT2D eigenvalue weighted by Crippen LogP contribution is 2.33. The number of hydrogen-bond donors (Lipinski definition) is 1. The normalized spacial score (nSPS) is 18.2. The predicted octanol–water partition coefficient (Wildman–Crippen LogP) is 3.31. The Morgan fingerprint density at radius 1 is 1.12 bits per heavy atom. The minimum Gasteiger partial charge on any atom is -0.333 e. The highest BCUT2D eigenvalue weighted by Gasteiger charge is 2.39. The zero-order valence-electron chi connectivity index (χ0n) is 17.1. The van der Waals surface area contributed by atoms with E-state index >= 15 is 0 Å². The number of nitrogens with one attached hydrogen (secondary N) is 1. The lowest BCUT2D eigenvalue weighted by atomic mass is 10.0. The molecule has 0 bridgehead atoms. The molecule has 0 aliphatic carbocycles. The minimum atomic E-state index is -0.660. The first-order chi connectivity index (χ1) is 15.3. The van der Waals surface area contributed by atoms with E-state index in [-0.39, 0.29) is 24.8 Å². The lowest BCUT2D eigenvalue weighted by molar-refractivity contribution is -0.136. The molecule has 1 N–H and O–H groups in total. The average Bonchev–Trinajstić information content (AvgIpc) is 3.30. The summed E-state index contributed by atoms with van der Waals surface area (Å²) in [5.41, 5.74) is 3.24. The number of imide groups is 1. The van der Waals surface area contributed by atoms with Gasteiger partial charge in [-0.05, 0) is 42.3 Å². The van der Waals surface area contributed by atoms with Gasteiger partial charge in [0.1, 0.15) is 17.7 Å². The van der Waals surface area contributed by atoms with Crippen LogP contribution in [0.25, 0.3) is 22.6 Å². The van der Waals surface area contributed by atoms with E-state index in [2.05, 4.69) is 10.3 Å². The minimum absolute atomic E-state index is 0.209. The van der Waals surface area contributed by atoms with Crippen LogP contribution in [0.2, 0.25) is 5.02 Å².